The summed E-state index contributed by atoms with van der Waals surface area (Å²) in [6.45, 7) is 11.5. The first-order chi connectivity index (χ1) is 18.4. The third-order valence-electron chi connectivity index (χ3n) is 6.31. The quantitative estimate of drug-likeness (QED) is 0.259. The van der Waals surface area contributed by atoms with Crippen LogP contribution < -0.4 is 24.8 Å². The molecule has 0 fully saturated rings. The molecule has 0 amide bonds. The van der Waals surface area contributed by atoms with Gasteiger partial charge in [0, 0.05) is 27.2 Å². The summed E-state index contributed by atoms with van der Waals surface area (Å²) >= 11 is 0. The van der Waals surface area contributed by atoms with Gasteiger partial charge in [-0.3, -0.25) is 4.57 Å². The Morgan fingerprint density at radius 1 is 1.13 bits per heavy atom. The van der Waals surface area contributed by atoms with Crippen molar-refractivity contribution in [3.63, 3.8) is 0 Å². The highest BCUT2D eigenvalue weighted by atomic mass is 32.2. The van der Waals surface area contributed by atoms with Crippen molar-refractivity contribution in [1.29, 1.82) is 0 Å². The van der Waals surface area contributed by atoms with E-state index in [4.69, 9.17) is 19.6 Å². The van der Waals surface area contributed by atoms with Gasteiger partial charge in [0.15, 0.2) is 5.76 Å². The molecule has 3 rings (SSSR count). The van der Waals surface area contributed by atoms with Crippen molar-refractivity contribution in [3.8, 4) is 28.8 Å². The van der Waals surface area contributed by atoms with E-state index >= 15 is 0 Å². The van der Waals surface area contributed by atoms with E-state index in [1.165, 1.54) is 4.31 Å². The zero-order valence-corrected chi connectivity index (χ0v) is 25.8. The molecule has 3 aromatic rings. The van der Waals surface area contributed by atoms with Crippen LogP contribution in [0.2, 0.25) is 25.7 Å². The Labute approximate surface area is 232 Å². The van der Waals surface area contributed by atoms with E-state index < -0.39 is 18.1 Å². The number of nitrogens with zero attached hydrogens (tertiary/aromatic N) is 4. The second-order valence-corrected chi connectivity index (χ2v) is 18.3. The van der Waals surface area contributed by atoms with Crippen LogP contribution in [0.4, 0.5) is 5.95 Å². The van der Waals surface area contributed by atoms with Gasteiger partial charge in [-0.15, -0.1) is 10.2 Å². The van der Waals surface area contributed by atoms with Crippen LogP contribution in [0.5, 0.6) is 11.5 Å². The molecule has 3 N–H and O–H groups in total. The molecular formula is C26H42N6O5SSi. The summed E-state index contributed by atoms with van der Waals surface area (Å²) in [6, 6.07) is 9.80. The smallest absolute Gasteiger partial charge is 0.246 e. The van der Waals surface area contributed by atoms with Crippen LogP contribution in [0.15, 0.2) is 34.7 Å². The van der Waals surface area contributed by atoms with Crippen LogP contribution in [0.25, 0.3) is 17.3 Å². The predicted molar refractivity (Wildman–Crippen MR) is 157 cm³/mol. The van der Waals surface area contributed by atoms with Crippen LogP contribution in [0, 0.1) is 6.92 Å². The maximum absolute atomic E-state index is 13.9. The zero-order chi connectivity index (χ0) is 28.8. The normalized spacial score (nSPS) is 12.9. The zero-order valence-electron chi connectivity index (χ0n) is 24.0. The molecule has 0 aliphatic heterocycles. The summed E-state index contributed by atoms with van der Waals surface area (Å²) in [4.78, 5) is 0. The molecule has 2 aromatic heterocycles. The van der Waals surface area contributed by atoms with Gasteiger partial charge in [0.05, 0.1) is 20.0 Å². The first-order valence-electron chi connectivity index (χ1n) is 13.1. The minimum atomic E-state index is -3.82. The monoisotopic (exact) mass is 578 g/mol. The van der Waals surface area contributed by atoms with E-state index in [1.54, 1.807) is 43.1 Å². The number of aryl methyl sites for hydroxylation is 1. The average molecular weight is 579 g/mol. The summed E-state index contributed by atoms with van der Waals surface area (Å²) < 4.78 is 48.2. The molecule has 1 atom stereocenters. The van der Waals surface area contributed by atoms with E-state index in [0.29, 0.717) is 41.1 Å². The van der Waals surface area contributed by atoms with Crippen LogP contribution in [0.1, 0.15) is 19.1 Å². The van der Waals surface area contributed by atoms with Crippen LogP contribution >= 0.6 is 0 Å². The highest BCUT2D eigenvalue weighted by Crippen LogP contribution is 2.39. The highest BCUT2D eigenvalue weighted by Gasteiger charge is 2.33. The van der Waals surface area contributed by atoms with Gasteiger partial charge >= 0.3 is 0 Å². The van der Waals surface area contributed by atoms with Crippen molar-refractivity contribution in [2.75, 3.05) is 43.9 Å². The Morgan fingerprint density at radius 2 is 1.79 bits per heavy atom. The number of anilines is 1. The Morgan fingerprint density at radius 3 is 2.33 bits per heavy atom. The minimum Gasteiger partial charge on any atom is -0.494 e. The number of ether oxygens (including phenoxy) is 2. The van der Waals surface area contributed by atoms with Gasteiger partial charge in [-0.05, 0) is 57.1 Å². The Kier molecular flexibility index (Phi) is 10.2. The maximum atomic E-state index is 13.9. The lowest BCUT2D eigenvalue weighted by Crippen LogP contribution is -2.42. The van der Waals surface area contributed by atoms with E-state index in [-0.39, 0.29) is 30.8 Å². The van der Waals surface area contributed by atoms with Crippen LogP contribution in [-0.2, 0) is 10.0 Å². The summed E-state index contributed by atoms with van der Waals surface area (Å²) in [5, 5.41) is 12.1. The van der Waals surface area contributed by atoms with E-state index in [0.717, 1.165) is 12.5 Å². The van der Waals surface area contributed by atoms with Crippen molar-refractivity contribution in [3.05, 3.63) is 36.1 Å². The molecule has 216 valence electrons. The number of sulfonamides is 1. The number of hydrogen-bond donors (Lipinski definition) is 2. The van der Waals surface area contributed by atoms with Gasteiger partial charge in [-0.1, -0.05) is 25.7 Å². The molecule has 13 heteroatoms. The van der Waals surface area contributed by atoms with Crippen LogP contribution in [-0.4, -0.2) is 76.9 Å². The first-order valence-corrected chi connectivity index (χ1v) is 18.4. The Balaban J connectivity index is 2.20. The molecule has 0 bridgehead atoms. The number of rotatable bonds is 15. The molecule has 1 aromatic carbocycles. The van der Waals surface area contributed by atoms with Gasteiger partial charge in [-0.2, -0.15) is 0 Å². The number of para-hydroxylation sites is 1. The molecular weight excluding hydrogens is 536 g/mol. The van der Waals surface area contributed by atoms with Crippen molar-refractivity contribution in [1.82, 2.24) is 20.1 Å². The fraction of sp³-hybridized carbons (Fsp3) is 0.538. The Hall–Kier alpha value is -2.87. The van der Waals surface area contributed by atoms with E-state index in [2.05, 4.69) is 35.2 Å². The number of nitrogens with two attached hydrogens (primary N) is 1. The lowest BCUT2D eigenvalue weighted by atomic mass is 10.2. The molecule has 0 saturated carbocycles. The van der Waals surface area contributed by atoms with E-state index in [1.807, 2.05) is 19.9 Å². The van der Waals surface area contributed by atoms with E-state index in [9.17, 15) is 8.42 Å². The predicted octanol–water partition coefficient (Wildman–Crippen LogP) is 3.65. The summed E-state index contributed by atoms with van der Waals surface area (Å²) in [5.41, 5.74) is 6.13. The topological polar surface area (TPSA) is 138 Å². The second kappa shape index (κ2) is 13.0. The number of benzene rings is 1. The molecule has 2 heterocycles. The number of methoxy groups -OCH3 is 2. The fourth-order valence-corrected chi connectivity index (χ4v) is 6.50. The van der Waals surface area contributed by atoms with Crippen molar-refractivity contribution >= 4 is 24.0 Å². The van der Waals surface area contributed by atoms with Gasteiger partial charge < -0.3 is 24.9 Å². The number of aromatic nitrogens is 3. The Bertz CT molecular complexity index is 1310. The summed E-state index contributed by atoms with van der Waals surface area (Å²) in [7, 11) is -2.36. The molecule has 0 saturated heterocycles. The van der Waals surface area contributed by atoms with Gasteiger partial charge in [0.1, 0.15) is 22.9 Å². The summed E-state index contributed by atoms with van der Waals surface area (Å²) in [5.74, 6) is 2.45. The van der Waals surface area contributed by atoms with Gasteiger partial charge in [-0.25, -0.2) is 12.7 Å². The molecule has 0 radical (unpaired) electrons. The molecule has 11 nitrogen and oxygen atoms in total. The minimum absolute atomic E-state index is 0.107. The molecule has 0 aliphatic carbocycles. The lowest BCUT2D eigenvalue weighted by Gasteiger charge is -2.28. The fourth-order valence-electron chi connectivity index (χ4n) is 4.11. The van der Waals surface area contributed by atoms with Gasteiger partial charge in [0.25, 0.3) is 0 Å². The highest BCUT2D eigenvalue weighted by molar-refractivity contribution is 7.92. The molecule has 0 spiro atoms. The molecule has 0 aliphatic rings. The number of furan rings is 1. The van der Waals surface area contributed by atoms with Crippen molar-refractivity contribution in [2.24, 2.45) is 5.73 Å². The third-order valence-corrected chi connectivity index (χ3v) is 9.77. The van der Waals surface area contributed by atoms with Crippen LogP contribution in [0.3, 0.4) is 0 Å². The largest absolute Gasteiger partial charge is 0.494 e. The average Bonchev–Trinajstić information content (AvgIpc) is 3.48. The SMILES string of the molecule is COc1cccc(OC)c1-n1c(-c2ccc(C)o2)nnc1N(CC[Si](C)(C)C)S(=O)(=O)CCN[C@@H](C)CCN. The second-order valence-electron chi connectivity index (χ2n) is 10.7. The van der Waals surface area contributed by atoms with Crippen molar-refractivity contribution < 1.29 is 22.3 Å². The summed E-state index contributed by atoms with van der Waals surface area (Å²) in [6.07, 6.45) is 0.757. The molecule has 0 unspecified atom stereocenters. The lowest BCUT2D eigenvalue weighted by molar-refractivity contribution is 0.391. The van der Waals surface area contributed by atoms with Crippen molar-refractivity contribution in [2.45, 2.75) is 52.0 Å². The van der Waals surface area contributed by atoms with Gasteiger partial charge in [0.2, 0.25) is 21.8 Å². The third kappa shape index (κ3) is 7.62. The molecule has 39 heavy (non-hydrogen) atoms. The standard InChI is InChI=1S/C26H42N6O5SSi/c1-19(13-14-27)28-15-17-38(33,34)31(16-18-39(5,6)7)26-30-29-25(23-12-11-20(2)37-23)32(26)24-21(35-3)9-8-10-22(24)36-4/h8-12,19,28H,13-18,27H2,1-7H3/t19-/m0/s1. The number of nitrogens with one attached hydrogen (secondary N) is 1. The number of hydrogen-bond acceptors (Lipinski definition) is 9. The maximum Gasteiger partial charge on any atom is 0.246 e. The first kappa shape index (κ1) is 30.7.